The van der Waals surface area contributed by atoms with Gasteiger partial charge in [-0.15, -0.1) is 0 Å². The number of hydrogen-bond acceptors (Lipinski definition) is 1. The van der Waals surface area contributed by atoms with Crippen molar-refractivity contribution in [2.75, 3.05) is 0 Å². The Morgan fingerprint density at radius 3 is 2.39 bits per heavy atom. The van der Waals surface area contributed by atoms with Crippen LogP contribution in [0.15, 0.2) is 12.1 Å². The summed E-state index contributed by atoms with van der Waals surface area (Å²) in [6.07, 6.45) is 2.82. The highest BCUT2D eigenvalue weighted by molar-refractivity contribution is 5.82. The van der Waals surface area contributed by atoms with Crippen molar-refractivity contribution < 1.29 is 18.0 Å². The molecule has 0 heterocycles. The van der Waals surface area contributed by atoms with E-state index in [-0.39, 0.29) is 17.4 Å². The van der Waals surface area contributed by atoms with Crippen LogP contribution in [-0.2, 0) is 10.3 Å². The van der Waals surface area contributed by atoms with E-state index in [9.17, 15) is 18.0 Å². The molecule has 0 aromatic heterocycles. The van der Waals surface area contributed by atoms with Crippen molar-refractivity contribution in [1.29, 1.82) is 0 Å². The third kappa shape index (κ3) is 1.78. The van der Waals surface area contributed by atoms with Crippen LogP contribution in [0.1, 0.15) is 31.2 Å². The van der Waals surface area contributed by atoms with Gasteiger partial charge in [-0.1, -0.05) is 6.07 Å². The van der Waals surface area contributed by atoms with Crippen LogP contribution in [-0.4, -0.2) is 5.91 Å². The third-order valence-electron chi connectivity index (χ3n) is 3.61. The predicted octanol–water partition coefficient (Wildman–Crippen LogP) is 2.62. The van der Waals surface area contributed by atoms with Crippen LogP contribution in [0, 0.1) is 23.4 Å². The molecular weight excluding hydrogens is 243 g/mol. The van der Waals surface area contributed by atoms with E-state index >= 15 is 0 Å². The van der Waals surface area contributed by atoms with E-state index in [1.165, 1.54) is 6.07 Å². The van der Waals surface area contributed by atoms with Gasteiger partial charge in [0, 0.05) is 11.5 Å². The van der Waals surface area contributed by atoms with E-state index in [4.69, 9.17) is 0 Å². The van der Waals surface area contributed by atoms with E-state index in [0.29, 0.717) is 12.8 Å². The Balaban J connectivity index is 1.89. The Labute approximate surface area is 102 Å². The number of halogens is 3. The summed E-state index contributed by atoms with van der Waals surface area (Å²) in [6.45, 7) is 0. The molecule has 2 saturated carbocycles. The van der Waals surface area contributed by atoms with Gasteiger partial charge in [-0.3, -0.25) is 4.79 Å². The Kier molecular flexibility index (Phi) is 2.40. The van der Waals surface area contributed by atoms with Crippen LogP contribution >= 0.6 is 0 Å². The van der Waals surface area contributed by atoms with Gasteiger partial charge in [0.2, 0.25) is 5.91 Å². The number of amides is 1. The molecule has 0 atom stereocenters. The number of benzene rings is 1. The fourth-order valence-electron chi connectivity index (χ4n) is 2.17. The second-order valence-electron chi connectivity index (χ2n) is 5.07. The Morgan fingerprint density at radius 2 is 1.83 bits per heavy atom. The first kappa shape index (κ1) is 11.6. The van der Waals surface area contributed by atoms with E-state index in [1.54, 1.807) is 0 Å². The molecule has 1 amide bonds. The van der Waals surface area contributed by atoms with E-state index < -0.39 is 23.0 Å². The summed E-state index contributed by atoms with van der Waals surface area (Å²) in [6, 6.07) is 2.12. The quantitative estimate of drug-likeness (QED) is 0.826. The minimum atomic E-state index is -1.47. The lowest BCUT2D eigenvalue weighted by atomic mass is 10.0. The molecule has 96 valence electrons. The molecule has 0 aliphatic heterocycles. The summed E-state index contributed by atoms with van der Waals surface area (Å²) in [7, 11) is 0. The maximum absolute atomic E-state index is 13.7. The monoisotopic (exact) mass is 255 g/mol. The Hall–Kier alpha value is -1.52. The largest absolute Gasteiger partial charge is 0.346 e. The minimum absolute atomic E-state index is 0.0100. The Morgan fingerprint density at radius 1 is 1.17 bits per heavy atom. The number of carbonyl (C=O) groups excluding carboxylic acids is 1. The zero-order valence-electron chi connectivity index (χ0n) is 9.60. The van der Waals surface area contributed by atoms with Crippen molar-refractivity contribution in [3.8, 4) is 0 Å². The van der Waals surface area contributed by atoms with Crippen LogP contribution < -0.4 is 5.32 Å². The molecular formula is C13H12F3NO. The molecule has 0 spiro atoms. The standard InChI is InChI=1S/C13H12F3NO/c14-9-4-3-8(10(15)11(9)16)13(5-6-13)17-12(18)7-1-2-7/h3-4,7H,1-2,5-6H2,(H,17,18). The van der Waals surface area contributed by atoms with E-state index in [1.807, 2.05) is 0 Å². The van der Waals surface area contributed by atoms with Gasteiger partial charge in [0.05, 0.1) is 5.54 Å². The second kappa shape index (κ2) is 3.73. The lowest BCUT2D eigenvalue weighted by molar-refractivity contribution is -0.123. The highest BCUT2D eigenvalue weighted by atomic mass is 19.2. The van der Waals surface area contributed by atoms with Crippen LogP contribution in [0.3, 0.4) is 0 Å². The number of hydrogen-bond donors (Lipinski definition) is 1. The summed E-state index contributed by atoms with van der Waals surface area (Å²) in [5, 5.41) is 2.77. The molecule has 1 N–H and O–H groups in total. The van der Waals surface area contributed by atoms with Crippen LogP contribution in [0.5, 0.6) is 0 Å². The molecule has 2 aliphatic rings. The van der Waals surface area contributed by atoms with Crippen molar-refractivity contribution in [1.82, 2.24) is 5.32 Å². The molecule has 2 nitrogen and oxygen atoms in total. The smallest absolute Gasteiger partial charge is 0.223 e. The molecule has 3 rings (SSSR count). The van der Waals surface area contributed by atoms with Gasteiger partial charge in [0.15, 0.2) is 17.5 Å². The molecule has 0 unspecified atom stereocenters. The van der Waals surface area contributed by atoms with Crippen LogP contribution in [0.4, 0.5) is 13.2 Å². The molecule has 1 aromatic carbocycles. The van der Waals surface area contributed by atoms with Crippen molar-refractivity contribution in [2.45, 2.75) is 31.2 Å². The van der Waals surface area contributed by atoms with Gasteiger partial charge in [0.25, 0.3) is 0 Å². The molecule has 0 saturated heterocycles. The van der Waals surface area contributed by atoms with Gasteiger partial charge in [-0.05, 0) is 31.7 Å². The molecule has 5 heteroatoms. The zero-order valence-corrected chi connectivity index (χ0v) is 9.60. The number of carbonyl (C=O) groups is 1. The van der Waals surface area contributed by atoms with Crippen molar-refractivity contribution in [3.05, 3.63) is 35.1 Å². The average Bonchev–Trinajstić information content (AvgIpc) is 3.18. The lowest BCUT2D eigenvalue weighted by Crippen LogP contribution is -2.36. The van der Waals surface area contributed by atoms with Crippen molar-refractivity contribution in [2.24, 2.45) is 5.92 Å². The predicted molar refractivity (Wildman–Crippen MR) is 58.1 cm³/mol. The van der Waals surface area contributed by atoms with Gasteiger partial charge < -0.3 is 5.32 Å². The number of nitrogens with one attached hydrogen (secondary N) is 1. The topological polar surface area (TPSA) is 29.1 Å². The van der Waals surface area contributed by atoms with Gasteiger partial charge >= 0.3 is 0 Å². The van der Waals surface area contributed by atoms with Gasteiger partial charge in [-0.2, -0.15) is 0 Å². The first-order valence-corrected chi connectivity index (χ1v) is 5.99. The number of rotatable bonds is 3. The summed E-state index contributed by atoms with van der Waals surface area (Å²) in [4.78, 5) is 11.7. The Bertz CT molecular complexity index is 521. The van der Waals surface area contributed by atoms with E-state index in [2.05, 4.69) is 5.32 Å². The minimum Gasteiger partial charge on any atom is -0.346 e. The summed E-state index contributed by atoms with van der Waals surface area (Å²) < 4.78 is 39.8. The molecule has 0 radical (unpaired) electrons. The SMILES string of the molecule is O=C(NC1(c2ccc(F)c(F)c2F)CC1)C1CC1. The molecule has 2 fully saturated rings. The van der Waals surface area contributed by atoms with Crippen LogP contribution in [0.25, 0.3) is 0 Å². The maximum Gasteiger partial charge on any atom is 0.223 e. The highest BCUT2D eigenvalue weighted by Crippen LogP contribution is 2.47. The third-order valence-corrected chi connectivity index (χ3v) is 3.61. The molecule has 2 aliphatic carbocycles. The maximum atomic E-state index is 13.7. The zero-order chi connectivity index (χ0) is 12.9. The highest BCUT2D eigenvalue weighted by Gasteiger charge is 2.49. The molecule has 18 heavy (non-hydrogen) atoms. The lowest BCUT2D eigenvalue weighted by Gasteiger charge is -2.19. The van der Waals surface area contributed by atoms with E-state index in [0.717, 1.165) is 18.9 Å². The molecule has 1 aromatic rings. The van der Waals surface area contributed by atoms with Gasteiger partial charge in [-0.25, -0.2) is 13.2 Å². The summed E-state index contributed by atoms with van der Waals surface area (Å²) >= 11 is 0. The molecule has 0 bridgehead atoms. The average molecular weight is 255 g/mol. The first-order chi connectivity index (χ1) is 8.53. The second-order valence-corrected chi connectivity index (χ2v) is 5.07. The fraction of sp³-hybridized carbons (Fsp3) is 0.462. The first-order valence-electron chi connectivity index (χ1n) is 5.99. The van der Waals surface area contributed by atoms with Crippen LogP contribution in [0.2, 0.25) is 0 Å². The normalized spacial score (nSPS) is 20.6. The fourth-order valence-corrected chi connectivity index (χ4v) is 2.17. The van der Waals surface area contributed by atoms with Crippen molar-refractivity contribution in [3.63, 3.8) is 0 Å². The summed E-state index contributed by atoms with van der Waals surface area (Å²) in [5.74, 6) is -3.98. The van der Waals surface area contributed by atoms with Gasteiger partial charge in [0.1, 0.15) is 0 Å². The van der Waals surface area contributed by atoms with Crippen molar-refractivity contribution >= 4 is 5.91 Å². The summed E-state index contributed by atoms with van der Waals surface area (Å²) in [5.41, 5.74) is -0.770.